The van der Waals surface area contributed by atoms with Crippen LogP contribution >= 0.6 is 15.9 Å². The van der Waals surface area contributed by atoms with Gasteiger partial charge in [-0.1, -0.05) is 35.8 Å². The van der Waals surface area contributed by atoms with Gasteiger partial charge in [0.1, 0.15) is 17.1 Å². The summed E-state index contributed by atoms with van der Waals surface area (Å²) in [5, 5.41) is 3.90. The molecule has 1 rings (SSSR count). The topological polar surface area (TPSA) is 47.6 Å². The maximum Gasteiger partial charge on any atom is 0.259 e. The molecule has 0 saturated heterocycles. The Morgan fingerprint density at radius 2 is 1.80 bits per heavy atom. The summed E-state index contributed by atoms with van der Waals surface area (Å²) in [5.74, 6) is 1.22. The van der Waals surface area contributed by atoms with E-state index in [9.17, 15) is 4.79 Å². The fourth-order valence-electron chi connectivity index (χ4n) is 2.01. The lowest BCUT2D eigenvalue weighted by atomic mass is 10.0. The molecule has 1 unspecified atom stereocenters. The van der Waals surface area contributed by atoms with Crippen LogP contribution in [-0.4, -0.2) is 31.5 Å². The van der Waals surface area contributed by atoms with Crippen LogP contribution in [0.1, 0.15) is 30.6 Å². The molecule has 1 N–H and O–H groups in total. The van der Waals surface area contributed by atoms with Gasteiger partial charge in [0, 0.05) is 11.4 Å². The van der Waals surface area contributed by atoms with E-state index < -0.39 is 0 Å². The van der Waals surface area contributed by atoms with Crippen molar-refractivity contribution < 1.29 is 14.3 Å². The Hall–Kier alpha value is -1.23. The zero-order chi connectivity index (χ0) is 15.1. The van der Waals surface area contributed by atoms with Crippen LogP contribution < -0.4 is 14.8 Å². The largest absolute Gasteiger partial charge is 0.496 e. The van der Waals surface area contributed by atoms with E-state index >= 15 is 0 Å². The molecular weight excluding hydrogens is 322 g/mol. The second-order valence-electron chi connectivity index (χ2n) is 4.84. The van der Waals surface area contributed by atoms with Crippen LogP contribution in [0, 0.1) is 5.92 Å². The van der Waals surface area contributed by atoms with Gasteiger partial charge in [0.25, 0.3) is 5.91 Å². The van der Waals surface area contributed by atoms with Gasteiger partial charge in [-0.05, 0) is 24.5 Å². The molecule has 0 heterocycles. The summed E-state index contributed by atoms with van der Waals surface area (Å²) in [6.45, 7) is 4.18. The molecule has 0 aliphatic carbocycles. The molecule has 4 nitrogen and oxygen atoms in total. The minimum absolute atomic E-state index is 0.108. The summed E-state index contributed by atoms with van der Waals surface area (Å²) in [6.07, 6.45) is 0.876. The highest BCUT2D eigenvalue weighted by Crippen LogP contribution is 2.28. The average Bonchev–Trinajstić information content (AvgIpc) is 2.45. The summed E-state index contributed by atoms with van der Waals surface area (Å²) < 4.78 is 10.5. The van der Waals surface area contributed by atoms with E-state index in [2.05, 4.69) is 35.1 Å². The van der Waals surface area contributed by atoms with Crippen molar-refractivity contribution in [3.8, 4) is 11.5 Å². The summed E-state index contributed by atoms with van der Waals surface area (Å²) in [7, 11) is 3.09. The molecule has 1 aromatic carbocycles. The molecule has 0 bridgehead atoms. The van der Waals surface area contributed by atoms with Crippen LogP contribution in [-0.2, 0) is 0 Å². The molecule has 0 saturated carbocycles. The third-order valence-electron chi connectivity index (χ3n) is 3.20. The van der Waals surface area contributed by atoms with E-state index in [1.165, 1.54) is 0 Å². The molecule has 112 valence electrons. The number of halogens is 1. The molecule has 0 spiro atoms. The van der Waals surface area contributed by atoms with Gasteiger partial charge < -0.3 is 14.8 Å². The number of alkyl halides is 1. The van der Waals surface area contributed by atoms with Gasteiger partial charge in [-0.2, -0.15) is 0 Å². The van der Waals surface area contributed by atoms with Crippen molar-refractivity contribution in [3.63, 3.8) is 0 Å². The molecule has 0 fully saturated rings. The Morgan fingerprint density at radius 1 is 1.25 bits per heavy atom. The van der Waals surface area contributed by atoms with Gasteiger partial charge in [0.15, 0.2) is 0 Å². The van der Waals surface area contributed by atoms with Crippen LogP contribution in [0.3, 0.4) is 0 Å². The second kappa shape index (κ2) is 8.15. The molecule has 0 aliphatic heterocycles. The maximum absolute atomic E-state index is 12.5. The molecule has 5 heteroatoms. The van der Waals surface area contributed by atoms with Crippen molar-refractivity contribution in [2.45, 2.75) is 26.3 Å². The van der Waals surface area contributed by atoms with Crippen LogP contribution in [0.4, 0.5) is 0 Å². The fraction of sp³-hybridized carbons (Fsp3) is 0.533. The van der Waals surface area contributed by atoms with Gasteiger partial charge in [-0.25, -0.2) is 0 Å². The Morgan fingerprint density at radius 3 is 2.20 bits per heavy atom. The van der Waals surface area contributed by atoms with E-state index in [0.717, 1.165) is 11.8 Å². The normalized spacial score (nSPS) is 12.1. The minimum Gasteiger partial charge on any atom is -0.496 e. The number of carbonyl (C=O) groups is 1. The van der Waals surface area contributed by atoms with Gasteiger partial charge >= 0.3 is 0 Å². The second-order valence-corrected chi connectivity index (χ2v) is 5.63. The SMILES string of the molecule is COc1cccc(OC)c1C(=O)NC(CCBr)C(C)C. The number of nitrogens with one attached hydrogen (secondary N) is 1. The zero-order valence-electron chi connectivity index (χ0n) is 12.4. The van der Waals surface area contributed by atoms with Crippen molar-refractivity contribution in [2.75, 3.05) is 19.5 Å². The molecule has 1 amide bonds. The van der Waals surface area contributed by atoms with Crippen LogP contribution in [0.2, 0.25) is 0 Å². The number of hydrogen-bond donors (Lipinski definition) is 1. The monoisotopic (exact) mass is 343 g/mol. The van der Waals surface area contributed by atoms with E-state index in [1.54, 1.807) is 32.4 Å². The molecular formula is C15H22BrNO3. The van der Waals surface area contributed by atoms with Crippen molar-refractivity contribution >= 4 is 21.8 Å². The predicted octanol–water partition coefficient (Wildman–Crippen LogP) is 3.24. The predicted molar refractivity (Wildman–Crippen MR) is 84.0 cm³/mol. The fourth-order valence-corrected chi connectivity index (χ4v) is 2.50. The van der Waals surface area contributed by atoms with E-state index in [-0.39, 0.29) is 11.9 Å². The van der Waals surface area contributed by atoms with Gasteiger partial charge in [-0.3, -0.25) is 4.79 Å². The number of hydrogen-bond acceptors (Lipinski definition) is 3. The summed E-state index contributed by atoms with van der Waals surface area (Å²) >= 11 is 3.42. The van der Waals surface area contributed by atoms with Crippen molar-refractivity contribution in [1.82, 2.24) is 5.32 Å². The maximum atomic E-state index is 12.5. The Labute approximate surface area is 129 Å². The highest BCUT2D eigenvalue weighted by atomic mass is 79.9. The number of amides is 1. The van der Waals surface area contributed by atoms with Crippen LogP contribution in [0.5, 0.6) is 11.5 Å². The third-order valence-corrected chi connectivity index (χ3v) is 3.65. The zero-order valence-corrected chi connectivity index (χ0v) is 14.0. The standard InChI is InChI=1S/C15H22BrNO3/c1-10(2)11(8-9-16)17-15(18)14-12(19-3)6-5-7-13(14)20-4/h5-7,10-11H,8-9H2,1-4H3,(H,17,18). The van der Waals surface area contributed by atoms with Crippen LogP contribution in [0.25, 0.3) is 0 Å². The quantitative estimate of drug-likeness (QED) is 0.773. The van der Waals surface area contributed by atoms with Crippen LogP contribution in [0.15, 0.2) is 18.2 Å². The van der Waals surface area contributed by atoms with E-state index in [4.69, 9.17) is 9.47 Å². The molecule has 1 atom stereocenters. The van der Waals surface area contributed by atoms with Crippen molar-refractivity contribution in [2.24, 2.45) is 5.92 Å². The van der Waals surface area contributed by atoms with E-state index in [1.807, 2.05) is 0 Å². The Balaban J connectivity index is 3.01. The van der Waals surface area contributed by atoms with Gasteiger partial charge in [-0.15, -0.1) is 0 Å². The van der Waals surface area contributed by atoms with Gasteiger partial charge in [0.2, 0.25) is 0 Å². The third kappa shape index (κ3) is 4.13. The molecule has 20 heavy (non-hydrogen) atoms. The number of carbonyl (C=O) groups excluding carboxylic acids is 1. The smallest absolute Gasteiger partial charge is 0.259 e. The first kappa shape index (κ1) is 16.8. The Kier molecular flexibility index (Phi) is 6.85. The minimum atomic E-state index is -0.168. The van der Waals surface area contributed by atoms with E-state index in [0.29, 0.717) is 23.0 Å². The number of ether oxygens (including phenoxy) is 2. The Bertz CT molecular complexity index is 426. The van der Waals surface area contributed by atoms with Gasteiger partial charge in [0.05, 0.1) is 14.2 Å². The van der Waals surface area contributed by atoms with Crippen molar-refractivity contribution in [3.05, 3.63) is 23.8 Å². The summed E-state index contributed by atoms with van der Waals surface area (Å²) in [5.41, 5.74) is 0.442. The first-order chi connectivity index (χ1) is 9.54. The first-order valence-corrected chi connectivity index (χ1v) is 7.75. The molecule has 1 aromatic rings. The molecule has 0 aromatic heterocycles. The van der Waals surface area contributed by atoms with Crippen molar-refractivity contribution in [1.29, 1.82) is 0 Å². The highest BCUT2D eigenvalue weighted by Gasteiger charge is 2.22. The average molecular weight is 344 g/mol. The number of benzene rings is 1. The lowest BCUT2D eigenvalue weighted by Gasteiger charge is -2.22. The molecule has 0 aliphatic rings. The first-order valence-electron chi connectivity index (χ1n) is 6.63. The molecule has 0 radical (unpaired) electrons. The lowest BCUT2D eigenvalue weighted by Crippen LogP contribution is -2.39. The summed E-state index contributed by atoms with van der Waals surface area (Å²) in [4.78, 5) is 12.5. The summed E-state index contributed by atoms with van der Waals surface area (Å²) in [6, 6.07) is 5.42. The number of methoxy groups -OCH3 is 2. The lowest BCUT2D eigenvalue weighted by molar-refractivity contribution is 0.0918. The highest BCUT2D eigenvalue weighted by molar-refractivity contribution is 9.09. The number of rotatable bonds is 7.